The molecule has 0 aromatic heterocycles. The number of nitrogens with zero attached hydrogens (tertiary/aromatic N) is 1. The number of benzene rings is 1. The molecule has 5 heteroatoms. The van der Waals surface area contributed by atoms with Crippen molar-refractivity contribution < 1.29 is 14.3 Å². The molecule has 100 valence electrons. The molecule has 0 aliphatic carbocycles. The Morgan fingerprint density at radius 2 is 2.11 bits per heavy atom. The minimum atomic E-state index is -0.543. The molecular weight excluding hydrogens is 232 g/mol. The molecule has 0 radical (unpaired) electrons. The monoisotopic (exact) mass is 252 g/mol. The molecule has 0 spiro atoms. The first-order valence-corrected chi connectivity index (χ1v) is 5.74. The van der Waals surface area contributed by atoms with Gasteiger partial charge in [-0.15, -0.1) is 0 Å². The molecule has 18 heavy (non-hydrogen) atoms. The van der Waals surface area contributed by atoms with Crippen LogP contribution in [0.5, 0.6) is 11.5 Å². The van der Waals surface area contributed by atoms with Gasteiger partial charge in [-0.2, -0.15) is 0 Å². The third kappa shape index (κ3) is 3.37. The number of likely N-dealkylation sites (N-methyl/N-ethyl adjacent to an activating group) is 1. The standard InChI is InChI=1S/C13H20N2O3/c1-9(13(16)15(2)3)18-12-6-5-11(17-4)7-10(12)8-14/h5-7,9H,8,14H2,1-4H3. The van der Waals surface area contributed by atoms with Gasteiger partial charge >= 0.3 is 0 Å². The maximum absolute atomic E-state index is 11.7. The maximum atomic E-state index is 11.7. The lowest BCUT2D eigenvalue weighted by Crippen LogP contribution is -2.35. The summed E-state index contributed by atoms with van der Waals surface area (Å²) in [5.74, 6) is 1.24. The van der Waals surface area contributed by atoms with E-state index >= 15 is 0 Å². The second kappa shape index (κ2) is 6.26. The molecular formula is C13H20N2O3. The van der Waals surface area contributed by atoms with Gasteiger partial charge in [0.2, 0.25) is 0 Å². The van der Waals surface area contributed by atoms with Crippen molar-refractivity contribution in [2.75, 3.05) is 21.2 Å². The zero-order valence-electron chi connectivity index (χ0n) is 11.3. The summed E-state index contributed by atoms with van der Waals surface area (Å²) in [5, 5.41) is 0. The first kappa shape index (κ1) is 14.3. The van der Waals surface area contributed by atoms with Crippen molar-refractivity contribution in [2.45, 2.75) is 19.6 Å². The summed E-state index contributed by atoms with van der Waals surface area (Å²) in [6, 6.07) is 5.35. The molecule has 1 aromatic carbocycles. The number of carbonyl (C=O) groups excluding carboxylic acids is 1. The maximum Gasteiger partial charge on any atom is 0.262 e. The Kier molecular flexibility index (Phi) is 4.97. The molecule has 1 atom stereocenters. The van der Waals surface area contributed by atoms with Crippen LogP contribution in [0.25, 0.3) is 0 Å². The molecule has 1 unspecified atom stereocenters. The molecule has 0 saturated carbocycles. The van der Waals surface area contributed by atoms with Gasteiger partial charge in [0.15, 0.2) is 6.10 Å². The largest absolute Gasteiger partial charge is 0.497 e. The molecule has 2 N–H and O–H groups in total. The first-order valence-electron chi connectivity index (χ1n) is 5.74. The van der Waals surface area contributed by atoms with E-state index in [9.17, 15) is 4.79 Å². The van der Waals surface area contributed by atoms with E-state index in [1.165, 1.54) is 4.90 Å². The predicted octanol–water partition coefficient (Wildman–Crippen LogP) is 1.01. The van der Waals surface area contributed by atoms with Crippen LogP contribution in [0.3, 0.4) is 0 Å². The summed E-state index contributed by atoms with van der Waals surface area (Å²) in [5.41, 5.74) is 6.47. The Morgan fingerprint density at radius 3 is 2.61 bits per heavy atom. The van der Waals surface area contributed by atoms with Crippen LogP contribution in [0.2, 0.25) is 0 Å². The van der Waals surface area contributed by atoms with E-state index in [-0.39, 0.29) is 5.91 Å². The Labute approximate surface area is 107 Å². The number of carbonyl (C=O) groups is 1. The van der Waals surface area contributed by atoms with Crippen molar-refractivity contribution in [3.63, 3.8) is 0 Å². The van der Waals surface area contributed by atoms with Crippen molar-refractivity contribution in [1.29, 1.82) is 0 Å². The number of rotatable bonds is 5. The van der Waals surface area contributed by atoms with Gasteiger partial charge < -0.3 is 20.1 Å². The highest BCUT2D eigenvalue weighted by molar-refractivity contribution is 5.80. The van der Waals surface area contributed by atoms with Crippen molar-refractivity contribution in [3.8, 4) is 11.5 Å². The summed E-state index contributed by atoms with van der Waals surface area (Å²) >= 11 is 0. The number of ether oxygens (including phenoxy) is 2. The van der Waals surface area contributed by atoms with E-state index in [2.05, 4.69) is 0 Å². The van der Waals surface area contributed by atoms with Gasteiger partial charge in [0.25, 0.3) is 5.91 Å². The second-order valence-corrected chi connectivity index (χ2v) is 4.17. The number of hydrogen-bond acceptors (Lipinski definition) is 4. The number of nitrogens with two attached hydrogens (primary N) is 1. The first-order chi connectivity index (χ1) is 8.49. The smallest absolute Gasteiger partial charge is 0.262 e. The molecule has 1 amide bonds. The number of methoxy groups -OCH3 is 1. The SMILES string of the molecule is COc1ccc(OC(C)C(=O)N(C)C)c(CN)c1. The summed E-state index contributed by atoms with van der Waals surface area (Å²) in [4.78, 5) is 13.2. The lowest BCUT2D eigenvalue weighted by atomic mass is 10.2. The summed E-state index contributed by atoms with van der Waals surface area (Å²) in [7, 11) is 4.98. The highest BCUT2D eigenvalue weighted by atomic mass is 16.5. The minimum absolute atomic E-state index is 0.0891. The Balaban J connectivity index is 2.87. The van der Waals surface area contributed by atoms with Crippen LogP contribution in [0.1, 0.15) is 12.5 Å². The Bertz CT molecular complexity index is 419. The van der Waals surface area contributed by atoms with E-state index in [4.69, 9.17) is 15.2 Å². The molecule has 0 saturated heterocycles. The van der Waals surface area contributed by atoms with E-state index < -0.39 is 6.10 Å². The van der Waals surface area contributed by atoms with Crippen LogP contribution >= 0.6 is 0 Å². The van der Waals surface area contributed by atoms with Crippen LogP contribution in [0.15, 0.2) is 18.2 Å². The minimum Gasteiger partial charge on any atom is -0.497 e. The lowest BCUT2D eigenvalue weighted by Gasteiger charge is -2.20. The van der Waals surface area contributed by atoms with Crippen LogP contribution in [0, 0.1) is 0 Å². The van der Waals surface area contributed by atoms with Gasteiger partial charge in [-0.25, -0.2) is 0 Å². The van der Waals surface area contributed by atoms with E-state index in [0.717, 1.165) is 11.3 Å². The molecule has 0 bridgehead atoms. The molecule has 1 aromatic rings. The molecule has 0 aliphatic rings. The predicted molar refractivity (Wildman–Crippen MR) is 69.7 cm³/mol. The Hall–Kier alpha value is -1.75. The van der Waals surface area contributed by atoms with Gasteiger partial charge in [0, 0.05) is 26.2 Å². The summed E-state index contributed by atoms with van der Waals surface area (Å²) in [6.45, 7) is 2.04. The normalized spacial score (nSPS) is 11.8. The molecule has 5 nitrogen and oxygen atoms in total. The summed E-state index contributed by atoms with van der Waals surface area (Å²) < 4.78 is 10.7. The van der Waals surface area contributed by atoms with Gasteiger partial charge in [-0.1, -0.05) is 0 Å². The fourth-order valence-corrected chi connectivity index (χ4v) is 1.56. The summed E-state index contributed by atoms with van der Waals surface area (Å²) in [6.07, 6.45) is -0.543. The van der Waals surface area contributed by atoms with E-state index in [0.29, 0.717) is 12.3 Å². The fourth-order valence-electron chi connectivity index (χ4n) is 1.56. The van der Waals surface area contributed by atoms with Crippen molar-refractivity contribution in [3.05, 3.63) is 23.8 Å². The average Bonchev–Trinajstić information content (AvgIpc) is 2.37. The third-order valence-electron chi connectivity index (χ3n) is 2.58. The number of hydrogen-bond donors (Lipinski definition) is 1. The van der Waals surface area contributed by atoms with Crippen LogP contribution < -0.4 is 15.2 Å². The van der Waals surface area contributed by atoms with Gasteiger partial charge in [0.1, 0.15) is 11.5 Å². The van der Waals surface area contributed by atoms with Crippen LogP contribution in [-0.4, -0.2) is 38.1 Å². The average molecular weight is 252 g/mol. The second-order valence-electron chi connectivity index (χ2n) is 4.17. The van der Waals surface area contributed by atoms with Crippen molar-refractivity contribution in [1.82, 2.24) is 4.90 Å². The third-order valence-corrected chi connectivity index (χ3v) is 2.58. The molecule has 0 aliphatic heterocycles. The highest BCUT2D eigenvalue weighted by Gasteiger charge is 2.17. The quantitative estimate of drug-likeness (QED) is 0.849. The zero-order chi connectivity index (χ0) is 13.7. The topological polar surface area (TPSA) is 64.8 Å². The fraction of sp³-hybridized carbons (Fsp3) is 0.462. The molecule has 0 heterocycles. The zero-order valence-corrected chi connectivity index (χ0v) is 11.3. The highest BCUT2D eigenvalue weighted by Crippen LogP contribution is 2.24. The lowest BCUT2D eigenvalue weighted by molar-refractivity contribution is -0.135. The molecule has 1 rings (SSSR count). The van der Waals surface area contributed by atoms with Crippen molar-refractivity contribution >= 4 is 5.91 Å². The molecule has 0 fully saturated rings. The van der Waals surface area contributed by atoms with E-state index in [1.807, 2.05) is 6.07 Å². The van der Waals surface area contributed by atoms with E-state index in [1.54, 1.807) is 40.3 Å². The van der Waals surface area contributed by atoms with Gasteiger partial charge in [-0.3, -0.25) is 4.79 Å². The van der Waals surface area contributed by atoms with Crippen LogP contribution in [0.4, 0.5) is 0 Å². The van der Waals surface area contributed by atoms with Gasteiger partial charge in [-0.05, 0) is 25.1 Å². The van der Waals surface area contributed by atoms with Crippen molar-refractivity contribution in [2.24, 2.45) is 5.73 Å². The van der Waals surface area contributed by atoms with Gasteiger partial charge in [0.05, 0.1) is 7.11 Å². The number of amides is 1. The Morgan fingerprint density at radius 1 is 1.44 bits per heavy atom. The van der Waals surface area contributed by atoms with Crippen LogP contribution in [-0.2, 0) is 11.3 Å².